The number of carbonyl (C=O) groups is 1. The first-order valence-corrected chi connectivity index (χ1v) is 7.84. The van der Waals surface area contributed by atoms with Gasteiger partial charge in [-0.3, -0.25) is 4.79 Å². The fourth-order valence-corrected chi connectivity index (χ4v) is 3.63. The van der Waals surface area contributed by atoms with Crippen LogP contribution in [-0.4, -0.2) is 37.5 Å². The third-order valence-corrected chi connectivity index (χ3v) is 4.90. The summed E-state index contributed by atoms with van der Waals surface area (Å²) in [7, 11) is 1.97. The molecule has 1 aromatic rings. The van der Waals surface area contributed by atoms with Crippen LogP contribution in [0.4, 0.5) is 0 Å². The number of hydrogen-bond donors (Lipinski definition) is 1. The van der Waals surface area contributed by atoms with E-state index in [1.54, 1.807) is 11.3 Å². The van der Waals surface area contributed by atoms with Crippen molar-refractivity contribution in [2.45, 2.75) is 12.8 Å². The molecule has 1 amide bonds. The lowest BCUT2D eigenvalue weighted by atomic mass is 9.97. The van der Waals surface area contributed by atoms with E-state index in [0.29, 0.717) is 5.92 Å². The van der Waals surface area contributed by atoms with Crippen LogP contribution < -0.4 is 5.32 Å². The number of likely N-dealkylation sites (tertiary alicyclic amines) is 1. The number of amides is 1. The lowest BCUT2D eigenvalue weighted by Crippen LogP contribution is -2.42. The van der Waals surface area contributed by atoms with E-state index < -0.39 is 0 Å². The zero-order chi connectivity index (χ0) is 12.3. The minimum absolute atomic E-state index is 0. The maximum absolute atomic E-state index is 12.3. The van der Waals surface area contributed by atoms with Crippen molar-refractivity contribution in [3.8, 4) is 0 Å². The molecule has 1 aromatic heterocycles. The van der Waals surface area contributed by atoms with Gasteiger partial charge in [0.1, 0.15) is 0 Å². The van der Waals surface area contributed by atoms with Crippen molar-refractivity contribution in [1.29, 1.82) is 0 Å². The summed E-state index contributed by atoms with van der Waals surface area (Å²) in [6.07, 6.45) is 2.35. The number of hydrogen-bond acceptors (Lipinski definition) is 3. The lowest BCUT2D eigenvalue weighted by Gasteiger charge is -2.32. The normalized spacial score (nSPS) is 19.4. The van der Waals surface area contributed by atoms with E-state index in [9.17, 15) is 4.79 Å². The molecular weight excluding hydrogens is 383 g/mol. The number of halogens is 2. The minimum Gasteiger partial charge on any atom is -0.338 e. The molecule has 0 aliphatic carbocycles. The van der Waals surface area contributed by atoms with Gasteiger partial charge >= 0.3 is 0 Å². The Hall–Kier alpha value is 0.150. The van der Waals surface area contributed by atoms with Gasteiger partial charge in [-0.05, 0) is 61.0 Å². The highest BCUT2D eigenvalue weighted by Crippen LogP contribution is 2.21. The summed E-state index contributed by atoms with van der Waals surface area (Å²) in [6, 6.07) is 1.98. The average molecular weight is 401 g/mol. The first-order valence-electron chi connectivity index (χ1n) is 5.88. The molecule has 3 nitrogen and oxygen atoms in total. The topological polar surface area (TPSA) is 32.3 Å². The van der Waals surface area contributed by atoms with Gasteiger partial charge in [0, 0.05) is 18.5 Å². The molecule has 1 aliphatic heterocycles. The Kier molecular flexibility index (Phi) is 6.90. The van der Waals surface area contributed by atoms with E-state index in [-0.39, 0.29) is 18.3 Å². The SMILES string of the molecule is CNCC1CCCN(C(=O)c2csc(I)c2)C1.Cl. The van der Waals surface area contributed by atoms with Crippen molar-refractivity contribution in [3.63, 3.8) is 0 Å². The largest absolute Gasteiger partial charge is 0.338 e. The fourth-order valence-electron chi connectivity index (χ4n) is 2.31. The standard InChI is InChI=1S/C12H17IN2OS.ClH/c1-14-6-9-3-2-4-15(7-9)12(16)10-5-11(13)17-8-10;/h5,8-9,14H,2-4,6-7H2,1H3;1H. The quantitative estimate of drug-likeness (QED) is 0.791. The van der Waals surface area contributed by atoms with Gasteiger partial charge in [-0.15, -0.1) is 23.7 Å². The second-order valence-electron chi connectivity index (χ2n) is 4.46. The van der Waals surface area contributed by atoms with Crippen LogP contribution in [0.25, 0.3) is 0 Å². The Balaban J connectivity index is 0.00000162. The van der Waals surface area contributed by atoms with Crippen molar-refractivity contribution >= 4 is 52.2 Å². The van der Waals surface area contributed by atoms with E-state index in [4.69, 9.17) is 0 Å². The summed E-state index contributed by atoms with van der Waals surface area (Å²) in [6.45, 7) is 2.81. The number of nitrogens with zero attached hydrogens (tertiary/aromatic N) is 1. The molecule has 1 N–H and O–H groups in total. The molecule has 2 rings (SSSR count). The average Bonchev–Trinajstić information content (AvgIpc) is 2.76. The summed E-state index contributed by atoms with van der Waals surface area (Å²) >= 11 is 3.89. The van der Waals surface area contributed by atoms with Gasteiger partial charge in [0.2, 0.25) is 0 Å². The van der Waals surface area contributed by atoms with E-state index in [1.165, 1.54) is 9.30 Å². The van der Waals surface area contributed by atoms with Gasteiger partial charge in [0.15, 0.2) is 0 Å². The third kappa shape index (κ3) is 4.08. The molecule has 0 saturated carbocycles. The molecule has 18 heavy (non-hydrogen) atoms. The van der Waals surface area contributed by atoms with Crippen LogP contribution in [0.5, 0.6) is 0 Å². The second kappa shape index (κ2) is 7.67. The first kappa shape index (κ1) is 16.2. The van der Waals surface area contributed by atoms with Crippen LogP contribution in [-0.2, 0) is 0 Å². The molecule has 1 atom stereocenters. The molecule has 1 unspecified atom stereocenters. The Morgan fingerprint density at radius 1 is 1.67 bits per heavy atom. The van der Waals surface area contributed by atoms with E-state index in [0.717, 1.165) is 31.6 Å². The summed E-state index contributed by atoms with van der Waals surface area (Å²) in [4.78, 5) is 14.3. The van der Waals surface area contributed by atoms with Gasteiger partial charge in [-0.25, -0.2) is 0 Å². The molecule has 0 spiro atoms. The van der Waals surface area contributed by atoms with E-state index in [1.807, 2.05) is 23.4 Å². The molecule has 0 bridgehead atoms. The molecule has 2 heterocycles. The predicted molar refractivity (Wildman–Crippen MR) is 86.8 cm³/mol. The van der Waals surface area contributed by atoms with Crippen LogP contribution in [0.2, 0.25) is 0 Å². The van der Waals surface area contributed by atoms with Crippen molar-refractivity contribution in [3.05, 3.63) is 19.9 Å². The molecular formula is C12H18ClIN2OS. The van der Waals surface area contributed by atoms with Gasteiger partial charge in [-0.2, -0.15) is 0 Å². The maximum Gasteiger partial charge on any atom is 0.254 e. The van der Waals surface area contributed by atoms with Crippen LogP contribution >= 0.6 is 46.3 Å². The zero-order valence-electron chi connectivity index (χ0n) is 10.3. The van der Waals surface area contributed by atoms with Crippen molar-refractivity contribution in [1.82, 2.24) is 10.2 Å². The summed E-state index contributed by atoms with van der Waals surface area (Å²) < 4.78 is 1.18. The Morgan fingerprint density at radius 2 is 2.44 bits per heavy atom. The number of nitrogens with one attached hydrogen (secondary N) is 1. The number of rotatable bonds is 3. The molecule has 0 radical (unpaired) electrons. The summed E-state index contributed by atoms with van der Waals surface area (Å²) in [5.74, 6) is 0.806. The maximum atomic E-state index is 12.3. The predicted octanol–water partition coefficient (Wildman–Crippen LogP) is 2.85. The second-order valence-corrected chi connectivity index (χ2v) is 7.26. The monoisotopic (exact) mass is 400 g/mol. The van der Waals surface area contributed by atoms with Gasteiger partial charge in [0.25, 0.3) is 5.91 Å². The highest BCUT2D eigenvalue weighted by atomic mass is 127. The smallest absolute Gasteiger partial charge is 0.254 e. The van der Waals surface area contributed by atoms with Crippen LogP contribution in [0.3, 0.4) is 0 Å². The third-order valence-electron chi connectivity index (χ3n) is 3.11. The Bertz CT molecular complexity index is 397. The molecule has 0 aromatic carbocycles. The molecule has 1 saturated heterocycles. The molecule has 102 valence electrons. The highest BCUT2D eigenvalue weighted by Gasteiger charge is 2.24. The highest BCUT2D eigenvalue weighted by molar-refractivity contribution is 14.1. The van der Waals surface area contributed by atoms with Crippen LogP contribution in [0, 0.1) is 8.80 Å². The molecule has 6 heteroatoms. The number of carbonyl (C=O) groups excluding carboxylic acids is 1. The van der Waals surface area contributed by atoms with E-state index >= 15 is 0 Å². The van der Waals surface area contributed by atoms with Gasteiger partial charge < -0.3 is 10.2 Å². The van der Waals surface area contributed by atoms with Crippen molar-refractivity contribution in [2.24, 2.45) is 5.92 Å². The fraction of sp³-hybridized carbons (Fsp3) is 0.583. The zero-order valence-corrected chi connectivity index (χ0v) is 14.1. The van der Waals surface area contributed by atoms with Gasteiger partial charge in [0.05, 0.1) is 8.45 Å². The van der Waals surface area contributed by atoms with Gasteiger partial charge in [-0.1, -0.05) is 0 Å². The molecule has 1 fully saturated rings. The van der Waals surface area contributed by atoms with E-state index in [2.05, 4.69) is 27.9 Å². The summed E-state index contributed by atoms with van der Waals surface area (Å²) in [5.41, 5.74) is 0.851. The Morgan fingerprint density at radius 3 is 3.06 bits per heavy atom. The minimum atomic E-state index is 0. The number of thiophene rings is 1. The van der Waals surface area contributed by atoms with Crippen LogP contribution in [0.1, 0.15) is 23.2 Å². The molecule has 1 aliphatic rings. The van der Waals surface area contributed by atoms with Crippen LogP contribution in [0.15, 0.2) is 11.4 Å². The van der Waals surface area contributed by atoms with Crippen molar-refractivity contribution < 1.29 is 4.79 Å². The lowest BCUT2D eigenvalue weighted by molar-refractivity contribution is 0.0675. The summed E-state index contributed by atoms with van der Waals surface area (Å²) in [5, 5.41) is 5.17. The number of piperidine rings is 1. The first-order chi connectivity index (χ1) is 8.20. The van der Waals surface area contributed by atoms with Crippen molar-refractivity contribution in [2.75, 3.05) is 26.7 Å². The Labute approximate surface area is 132 Å².